The SMILES string of the molecule is CCONCc1cc([N+](=O)[O-])cc2[nH]c(=O)c(=O)[nH]c12. The van der Waals surface area contributed by atoms with Crippen molar-refractivity contribution in [1.82, 2.24) is 15.4 Å². The molecule has 2 rings (SSSR count). The summed E-state index contributed by atoms with van der Waals surface area (Å²) in [5.74, 6) is 0. The van der Waals surface area contributed by atoms with E-state index >= 15 is 0 Å². The lowest BCUT2D eigenvalue weighted by Gasteiger charge is -2.07. The van der Waals surface area contributed by atoms with E-state index in [1.165, 1.54) is 12.1 Å². The Bertz CT molecular complexity index is 763. The van der Waals surface area contributed by atoms with Gasteiger partial charge in [-0.05, 0) is 6.92 Å². The topological polar surface area (TPSA) is 130 Å². The van der Waals surface area contributed by atoms with Crippen molar-refractivity contribution in [3.05, 3.63) is 48.5 Å². The number of nitrogens with one attached hydrogen (secondary N) is 3. The van der Waals surface area contributed by atoms with Crippen LogP contribution in [-0.4, -0.2) is 21.5 Å². The largest absolute Gasteiger partial charge is 0.316 e. The molecule has 2 aromatic rings. The van der Waals surface area contributed by atoms with Gasteiger partial charge in [0.05, 0.1) is 22.6 Å². The zero-order valence-electron chi connectivity index (χ0n) is 10.6. The van der Waals surface area contributed by atoms with Crippen LogP contribution in [0.25, 0.3) is 11.0 Å². The molecule has 0 atom stereocenters. The van der Waals surface area contributed by atoms with Crippen molar-refractivity contribution in [2.75, 3.05) is 6.61 Å². The Hall–Kier alpha value is -2.52. The molecule has 0 bridgehead atoms. The van der Waals surface area contributed by atoms with E-state index in [-0.39, 0.29) is 17.7 Å². The van der Waals surface area contributed by atoms with Gasteiger partial charge in [-0.3, -0.25) is 19.7 Å². The maximum Gasteiger partial charge on any atom is 0.314 e. The van der Waals surface area contributed by atoms with Crippen LogP contribution in [0.3, 0.4) is 0 Å². The summed E-state index contributed by atoms with van der Waals surface area (Å²) >= 11 is 0. The first kappa shape index (κ1) is 13.9. The Kier molecular flexibility index (Phi) is 3.91. The van der Waals surface area contributed by atoms with Crippen LogP contribution in [0, 0.1) is 10.1 Å². The predicted molar refractivity (Wildman–Crippen MR) is 70.3 cm³/mol. The third-order valence-corrected chi connectivity index (χ3v) is 2.62. The number of aromatic amines is 2. The second-order valence-electron chi connectivity index (χ2n) is 3.95. The highest BCUT2D eigenvalue weighted by atomic mass is 16.6. The monoisotopic (exact) mass is 280 g/mol. The van der Waals surface area contributed by atoms with Gasteiger partial charge in [-0.2, -0.15) is 5.48 Å². The maximum absolute atomic E-state index is 11.3. The van der Waals surface area contributed by atoms with Crippen LogP contribution >= 0.6 is 0 Å². The number of nitro benzene ring substituents is 1. The molecule has 0 unspecified atom stereocenters. The van der Waals surface area contributed by atoms with E-state index in [2.05, 4.69) is 15.4 Å². The molecular weight excluding hydrogens is 268 g/mol. The molecule has 0 fully saturated rings. The van der Waals surface area contributed by atoms with Gasteiger partial charge in [0.1, 0.15) is 0 Å². The second kappa shape index (κ2) is 5.63. The van der Waals surface area contributed by atoms with E-state index < -0.39 is 16.0 Å². The molecule has 9 nitrogen and oxygen atoms in total. The number of aromatic nitrogens is 2. The number of hydroxylamine groups is 1. The molecule has 1 heterocycles. The molecule has 0 aliphatic heterocycles. The van der Waals surface area contributed by atoms with Gasteiger partial charge >= 0.3 is 11.1 Å². The van der Waals surface area contributed by atoms with Crippen LogP contribution in [0.15, 0.2) is 21.7 Å². The number of non-ortho nitro benzene ring substituents is 1. The van der Waals surface area contributed by atoms with Gasteiger partial charge in [0.15, 0.2) is 0 Å². The lowest BCUT2D eigenvalue weighted by molar-refractivity contribution is -0.384. The highest BCUT2D eigenvalue weighted by Gasteiger charge is 2.13. The first-order valence-electron chi connectivity index (χ1n) is 5.81. The number of fused-ring (bicyclic) bond motifs is 1. The summed E-state index contributed by atoms with van der Waals surface area (Å²) in [5.41, 5.74) is 1.70. The number of H-pyrrole nitrogens is 2. The number of hydrogen-bond donors (Lipinski definition) is 3. The highest BCUT2D eigenvalue weighted by Crippen LogP contribution is 2.21. The van der Waals surface area contributed by atoms with Gasteiger partial charge in [0.25, 0.3) is 5.69 Å². The number of nitro groups is 1. The zero-order valence-corrected chi connectivity index (χ0v) is 10.6. The predicted octanol–water partition coefficient (Wildman–Crippen LogP) is 0.166. The molecule has 1 aromatic carbocycles. The molecule has 0 saturated carbocycles. The number of benzene rings is 1. The molecule has 9 heteroatoms. The van der Waals surface area contributed by atoms with Crippen LogP contribution in [0.5, 0.6) is 0 Å². The molecule has 0 spiro atoms. The fourth-order valence-electron chi connectivity index (χ4n) is 1.76. The van der Waals surface area contributed by atoms with E-state index in [1.54, 1.807) is 6.92 Å². The van der Waals surface area contributed by atoms with E-state index in [1.807, 2.05) is 0 Å². The summed E-state index contributed by atoms with van der Waals surface area (Å²) in [4.78, 5) is 42.6. The Morgan fingerprint density at radius 3 is 2.65 bits per heavy atom. The molecular formula is C11H12N4O5. The zero-order chi connectivity index (χ0) is 14.7. The summed E-state index contributed by atoms with van der Waals surface area (Å²) in [5, 5.41) is 10.9. The Morgan fingerprint density at radius 1 is 1.30 bits per heavy atom. The maximum atomic E-state index is 11.3. The Morgan fingerprint density at radius 2 is 2.00 bits per heavy atom. The normalized spacial score (nSPS) is 10.8. The smallest absolute Gasteiger partial charge is 0.314 e. The van der Waals surface area contributed by atoms with Crippen LogP contribution < -0.4 is 16.6 Å². The summed E-state index contributed by atoms with van der Waals surface area (Å²) < 4.78 is 0. The summed E-state index contributed by atoms with van der Waals surface area (Å²) in [6.45, 7) is 2.34. The van der Waals surface area contributed by atoms with Crippen LogP contribution in [0.1, 0.15) is 12.5 Å². The molecule has 0 amide bonds. The van der Waals surface area contributed by atoms with Gasteiger partial charge in [-0.25, -0.2) is 0 Å². The van der Waals surface area contributed by atoms with Crippen molar-refractivity contribution in [2.45, 2.75) is 13.5 Å². The van der Waals surface area contributed by atoms with Crippen molar-refractivity contribution >= 4 is 16.7 Å². The lowest BCUT2D eigenvalue weighted by atomic mass is 10.1. The van der Waals surface area contributed by atoms with Gasteiger partial charge in [0, 0.05) is 24.2 Å². The van der Waals surface area contributed by atoms with E-state index in [0.29, 0.717) is 17.7 Å². The Balaban J connectivity index is 2.61. The highest BCUT2D eigenvalue weighted by molar-refractivity contribution is 5.80. The molecule has 3 N–H and O–H groups in total. The minimum atomic E-state index is -0.860. The minimum Gasteiger partial charge on any atom is -0.316 e. The molecule has 1 aromatic heterocycles. The molecule has 0 radical (unpaired) electrons. The third-order valence-electron chi connectivity index (χ3n) is 2.62. The van der Waals surface area contributed by atoms with E-state index in [4.69, 9.17) is 4.84 Å². The molecule has 106 valence electrons. The van der Waals surface area contributed by atoms with Crippen LogP contribution in [0.2, 0.25) is 0 Å². The van der Waals surface area contributed by atoms with E-state index in [0.717, 1.165) is 0 Å². The molecule has 0 aliphatic rings. The van der Waals surface area contributed by atoms with Crippen molar-refractivity contribution in [2.24, 2.45) is 0 Å². The number of rotatable bonds is 5. The average molecular weight is 280 g/mol. The number of hydrogen-bond acceptors (Lipinski definition) is 6. The third kappa shape index (κ3) is 2.73. The quantitative estimate of drug-likeness (QED) is 0.309. The van der Waals surface area contributed by atoms with E-state index in [9.17, 15) is 19.7 Å². The van der Waals surface area contributed by atoms with Gasteiger partial charge in [-0.15, -0.1) is 0 Å². The first-order chi connectivity index (χ1) is 9.52. The van der Waals surface area contributed by atoms with Gasteiger partial charge < -0.3 is 14.8 Å². The summed E-state index contributed by atoms with van der Waals surface area (Å²) in [6, 6.07) is 2.50. The lowest BCUT2D eigenvalue weighted by Crippen LogP contribution is -2.29. The minimum absolute atomic E-state index is 0.147. The fraction of sp³-hybridized carbons (Fsp3) is 0.273. The summed E-state index contributed by atoms with van der Waals surface area (Å²) in [7, 11) is 0. The fourth-order valence-corrected chi connectivity index (χ4v) is 1.76. The molecule has 20 heavy (non-hydrogen) atoms. The number of nitrogens with zero attached hydrogens (tertiary/aromatic N) is 1. The first-order valence-corrected chi connectivity index (χ1v) is 5.81. The summed E-state index contributed by atoms with van der Waals surface area (Å²) in [6.07, 6.45) is 0. The van der Waals surface area contributed by atoms with Gasteiger partial charge in [-0.1, -0.05) is 0 Å². The second-order valence-corrected chi connectivity index (χ2v) is 3.95. The Labute approximate surface area is 111 Å². The van der Waals surface area contributed by atoms with Crippen molar-refractivity contribution < 1.29 is 9.76 Å². The average Bonchev–Trinajstić information content (AvgIpc) is 2.40. The van der Waals surface area contributed by atoms with Crippen LogP contribution in [0.4, 0.5) is 5.69 Å². The standard InChI is InChI=1S/C11H12N4O5/c1-2-20-12-5-6-3-7(15(18)19)4-8-9(6)14-11(17)10(16)13-8/h3-4,12H,2,5H2,1H3,(H,13,16)(H,14,17). The molecule has 0 saturated heterocycles. The van der Waals surface area contributed by atoms with Crippen molar-refractivity contribution in [3.63, 3.8) is 0 Å². The van der Waals surface area contributed by atoms with Crippen LogP contribution in [-0.2, 0) is 11.4 Å². The van der Waals surface area contributed by atoms with Crippen molar-refractivity contribution in [3.8, 4) is 0 Å². The molecule has 0 aliphatic carbocycles. The van der Waals surface area contributed by atoms with Crippen molar-refractivity contribution in [1.29, 1.82) is 0 Å². The van der Waals surface area contributed by atoms with Gasteiger partial charge in [0.2, 0.25) is 0 Å².